The van der Waals surface area contributed by atoms with Gasteiger partial charge in [0.15, 0.2) is 0 Å². The van der Waals surface area contributed by atoms with Crippen molar-refractivity contribution in [3.05, 3.63) is 62.6 Å². The monoisotopic (exact) mass is 386 g/mol. The van der Waals surface area contributed by atoms with E-state index in [0.717, 1.165) is 10.5 Å². The van der Waals surface area contributed by atoms with Gasteiger partial charge >= 0.3 is 5.97 Å². The Balaban J connectivity index is 2.22. The van der Waals surface area contributed by atoms with E-state index in [0.29, 0.717) is 27.1 Å². The van der Waals surface area contributed by atoms with Gasteiger partial charge in [-0.3, -0.25) is 0 Å². The molecule has 108 valence electrons. The summed E-state index contributed by atoms with van der Waals surface area (Å²) in [7, 11) is 0. The van der Waals surface area contributed by atoms with Gasteiger partial charge in [0.1, 0.15) is 11.5 Å². The number of halogens is 3. The third kappa shape index (κ3) is 4.49. The maximum Gasteiger partial charge on any atom is 0.328 e. The highest BCUT2D eigenvalue weighted by Crippen LogP contribution is 2.33. The summed E-state index contributed by atoms with van der Waals surface area (Å²) < 4.78 is 6.42. The molecule has 0 aromatic heterocycles. The lowest BCUT2D eigenvalue weighted by atomic mass is 10.2. The van der Waals surface area contributed by atoms with Gasteiger partial charge in [-0.05, 0) is 64.0 Å². The number of aliphatic carboxylic acids is 1. The first-order valence-corrected chi connectivity index (χ1v) is 7.34. The van der Waals surface area contributed by atoms with Crippen molar-refractivity contribution in [3.63, 3.8) is 0 Å². The summed E-state index contributed by atoms with van der Waals surface area (Å²) in [6.45, 7) is 0. The van der Waals surface area contributed by atoms with Gasteiger partial charge in [-0.15, -0.1) is 0 Å². The van der Waals surface area contributed by atoms with Crippen LogP contribution in [0.25, 0.3) is 6.08 Å². The Morgan fingerprint density at radius 1 is 1.19 bits per heavy atom. The zero-order valence-corrected chi connectivity index (χ0v) is 13.6. The summed E-state index contributed by atoms with van der Waals surface area (Å²) >= 11 is 15.3. The van der Waals surface area contributed by atoms with Gasteiger partial charge in [-0.2, -0.15) is 0 Å². The number of ether oxygens (including phenoxy) is 1. The summed E-state index contributed by atoms with van der Waals surface area (Å²) in [5.41, 5.74) is 0.599. The van der Waals surface area contributed by atoms with Gasteiger partial charge in [0.05, 0.1) is 9.50 Å². The second-order valence-electron chi connectivity index (χ2n) is 4.03. The van der Waals surface area contributed by atoms with Crippen LogP contribution in [0.5, 0.6) is 11.5 Å². The van der Waals surface area contributed by atoms with Gasteiger partial charge in [0.2, 0.25) is 0 Å². The van der Waals surface area contributed by atoms with E-state index >= 15 is 0 Å². The molecule has 2 aromatic carbocycles. The summed E-state index contributed by atoms with van der Waals surface area (Å²) in [5, 5.41) is 9.59. The number of carboxylic acid groups (broad SMARTS) is 1. The van der Waals surface area contributed by atoms with Gasteiger partial charge in [-0.1, -0.05) is 23.2 Å². The minimum Gasteiger partial charge on any atom is -0.478 e. The molecule has 0 aliphatic carbocycles. The molecule has 0 saturated heterocycles. The third-order valence-corrected chi connectivity index (χ3v) is 3.68. The van der Waals surface area contributed by atoms with Crippen molar-refractivity contribution in [1.29, 1.82) is 0 Å². The molecule has 2 aromatic rings. The Labute approximate surface area is 139 Å². The first-order chi connectivity index (χ1) is 9.95. The highest BCUT2D eigenvalue weighted by Gasteiger charge is 2.06. The van der Waals surface area contributed by atoms with Crippen molar-refractivity contribution in [1.82, 2.24) is 0 Å². The topological polar surface area (TPSA) is 46.5 Å². The second kappa shape index (κ2) is 6.98. The highest BCUT2D eigenvalue weighted by molar-refractivity contribution is 9.10. The Bertz CT molecular complexity index is 714. The molecule has 0 bridgehead atoms. The van der Waals surface area contributed by atoms with Crippen molar-refractivity contribution in [2.24, 2.45) is 0 Å². The molecule has 0 heterocycles. The summed E-state index contributed by atoms with van der Waals surface area (Å²) in [5.74, 6) is 0.108. The molecular weight excluding hydrogens is 379 g/mol. The van der Waals surface area contributed by atoms with Crippen LogP contribution in [0.3, 0.4) is 0 Å². The van der Waals surface area contributed by atoms with Crippen LogP contribution in [0.15, 0.2) is 46.9 Å². The fourth-order valence-electron chi connectivity index (χ4n) is 1.55. The smallest absolute Gasteiger partial charge is 0.328 e. The molecule has 0 aliphatic heterocycles. The van der Waals surface area contributed by atoms with Gasteiger partial charge in [0.25, 0.3) is 0 Å². The van der Waals surface area contributed by atoms with Crippen LogP contribution >= 0.6 is 39.1 Å². The van der Waals surface area contributed by atoms with Crippen molar-refractivity contribution in [2.45, 2.75) is 0 Å². The number of hydrogen-bond donors (Lipinski definition) is 1. The van der Waals surface area contributed by atoms with Gasteiger partial charge in [0, 0.05) is 11.1 Å². The second-order valence-corrected chi connectivity index (χ2v) is 5.73. The van der Waals surface area contributed by atoms with Gasteiger partial charge < -0.3 is 9.84 Å². The largest absolute Gasteiger partial charge is 0.478 e. The van der Waals surface area contributed by atoms with Crippen molar-refractivity contribution in [3.8, 4) is 11.5 Å². The van der Waals surface area contributed by atoms with Crippen molar-refractivity contribution < 1.29 is 14.6 Å². The average molecular weight is 388 g/mol. The van der Waals surface area contributed by atoms with Crippen LogP contribution in [-0.4, -0.2) is 11.1 Å². The molecule has 0 spiro atoms. The van der Waals surface area contributed by atoms with E-state index in [1.807, 2.05) is 0 Å². The first-order valence-electron chi connectivity index (χ1n) is 5.79. The lowest BCUT2D eigenvalue weighted by Gasteiger charge is -2.09. The fourth-order valence-corrected chi connectivity index (χ4v) is 2.55. The van der Waals surface area contributed by atoms with Crippen LogP contribution in [0.4, 0.5) is 0 Å². The summed E-state index contributed by atoms with van der Waals surface area (Å²) in [4.78, 5) is 10.5. The van der Waals surface area contributed by atoms with Crippen molar-refractivity contribution >= 4 is 51.2 Å². The molecule has 0 saturated carbocycles. The zero-order chi connectivity index (χ0) is 15.4. The molecular formula is C15H9BrCl2O3. The number of benzene rings is 2. The van der Waals surface area contributed by atoms with Crippen LogP contribution in [-0.2, 0) is 4.79 Å². The lowest BCUT2D eigenvalue weighted by Crippen LogP contribution is -1.88. The Kier molecular flexibility index (Phi) is 5.28. The Morgan fingerprint density at radius 3 is 2.57 bits per heavy atom. The zero-order valence-electron chi connectivity index (χ0n) is 10.5. The molecule has 2 rings (SSSR count). The fraction of sp³-hybridized carbons (Fsp3) is 0. The molecule has 0 fully saturated rings. The molecule has 0 aliphatic rings. The molecule has 6 heteroatoms. The maximum absolute atomic E-state index is 10.5. The Hall–Kier alpha value is -1.49. The molecule has 3 nitrogen and oxygen atoms in total. The van der Waals surface area contributed by atoms with Crippen LogP contribution in [0.1, 0.15) is 5.56 Å². The predicted octanol–water partition coefficient (Wildman–Crippen LogP) is 5.65. The quantitative estimate of drug-likeness (QED) is 0.690. The van der Waals surface area contributed by atoms with E-state index in [9.17, 15) is 4.79 Å². The third-order valence-electron chi connectivity index (χ3n) is 2.50. The molecule has 1 N–H and O–H groups in total. The summed E-state index contributed by atoms with van der Waals surface area (Å²) in [6.07, 6.45) is 2.45. The number of hydrogen-bond acceptors (Lipinski definition) is 2. The van der Waals surface area contributed by atoms with E-state index in [-0.39, 0.29) is 0 Å². The SMILES string of the molecule is O=C(O)/C=C/c1ccc(Oc2ccc(Cl)cc2Br)cc1Cl. The normalized spacial score (nSPS) is 10.8. The van der Waals surface area contributed by atoms with E-state index in [4.69, 9.17) is 33.0 Å². The van der Waals surface area contributed by atoms with Crippen molar-refractivity contribution in [2.75, 3.05) is 0 Å². The molecule has 0 amide bonds. The first kappa shape index (κ1) is 15.9. The van der Waals surface area contributed by atoms with Crippen LogP contribution in [0, 0.1) is 0 Å². The van der Waals surface area contributed by atoms with E-state index in [2.05, 4.69) is 15.9 Å². The Morgan fingerprint density at radius 2 is 1.95 bits per heavy atom. The maximum atomic E-state index is 10.5. The average Bonchev–Trinajstić information content (AvgIpc) is 2.41. The van der Waals surface area contributed by atoms with Crippen LogP contribution < -0.4 is 4.74 Å². The summed E-state index contributed by atoms with van der Waals surface area (Å²) in [6, 6.07) is 10.2. The minimum absolute atomic E-state index is 0.398. The minimum atomic E-state index is -1.03. The number of carboxylic acids is 1. The molecule has 21 heavy (non-hydrogen) atoms. The number of rotatable bonds is 4. The molecule has 0 atom stereocenters. The molecule has 0 unspecified atom stereocenters. The number of carbonyl (C=O) groups is 1. The van der Waals surface area contributed by atoms with Gasteiger partial charge in [-0.25, -0.2) is 4.79 Å². The van der Waals surface area contributed by atoms with Crippen LogP contribution in [0.2, 0.25) is 10.0 Å². The lowest BCUT2D eigenvalue weighted by molar-refractivity contribution is -0.131. The van der Waals surface area contributed by atoms with E-state index < -0.39 is 5.97 Å². The predicted molar refractivity (Wildman–Crippen MR) is 87.3 cm³/mol. The van der Waals surface area contributed by atoms with E-state index in [1.165, 1.54) is 6.08 Å². The standard InChI is InChI=1S/C15H9BrCl2O3/c16-12-7-10(17)3-5-14(12)21-11-4-1-9(13(18)8-11)2-6-15(19)20/h1-8H,(H,19,20)/b6-2+. The van der Waals surface area contributed by atoms with E-state index in [1.54, 1.807) is 36.4 Å². The molecule has 0 radical (unpaired) electrons. The highest BCUT2D eigenvalue weighted by atomic mass is 79.9.